The summed E-state index contributed by atoms with van der Waals surface area (Å²) in [5.41, 5.74) is 1.81. The molecule has 3 heterocycles. The van der Waals surface area contributed by atoms with Crippen molar-refractivity contribution in [3.63, 3.8) is 0 Å². The number of aliphatic hydroxyl groups excluding tert-OH is 1. The second kappa shape index (κ2) is 14.1. The van der Waals surface area contributed by atoms with Crippen LogP contribution in [0.4, 0.5) is 9.59 Å². The molecule has 4 rings (SSSR count). The molecule has 224 valence electrons. The summed E-state index contributed by atoms with van der Waals surface area (Å²) >= 11 is 1.55. The van der Waals surface area contributed by atoms with Gasteiger partial charge in [0.15, 0.2) is 0 Å². The van der Waals surface area contributed by atoms with Crippen molar-refractivity contribution in [1.82, 2.24) is 30.3 Å². The van der Waals surface area contributed by atoms with Crippen molar-refractivity contribution in [3.8, 4) is 0 Å². The maximum Gasteiger partial charge on any atom is 0.407 e. The number of likely N-dealkylation sites (tertiary alicyclic amines) is 1. The molecule has 0 spiro atoms. The van der Waals surface area contributed by atoms with Crippen LogP contribution in [0.1, 0.15) is 43.0 Å². The Balaban J connectivity index is 1.41. The third-order valence-electron chi connectivity index (χ3n) is 7.83. The van der Waals surface area contributed by atoms with E-state index in [1.54, 1.807) is 21.1 Å². The Morgan fingerprint density at radius 1 is 1.17 bits per heavy atom. The summed E-state index contributed by atoms with van der Waals surface area (Å²) < 4.78 is 0. The molecule has 2 fully saturated rings. The summed E-state index contributed by atoms with van der Waals surface area (Å²) in [6, 6.07) is 8.02. The van der Waals surface area contributed by atoms with Crippen molar-refractivity contribution < 1.29 is 24.6 Å². The van der Waals surface area contributed by atoms with Gasteiger partial charge in [-0.2, -0.15) is 0 Å². The SMILES string of the molecule is Cc1nc(CN2CCN([C@H](C(=O)N[C@@H](Cc3ccccc3)[C@H](O)CNCC3CCCN3C(=O)O)C(C)C)C2=O)cs1. The predicted molar refractivity (Wildman–Crippen MR) is 157 cm³/mol. The lowest BCUT2D eigenvalue weighted by Crippen LogP contribution is -2.57. The van der Waals surface area contributed by atoms with Gasteiger partial charge in [-0.25, -0.2) is 14.6 Å². The van der Waals surface area contributed by atoms with E-state index in [1.807, 2.05) is 56.5 Å². The molecule has 0 saturated carbocycles. The molecule has 2 saturated heterocycles. The van der Waals surface area contributed by atoms with Crippen LogP contribution in [0.2, 0.25) is 0 Å². The molecule has 4 atom stereocenters. The maximum atomic E-state index is 13.8. The predicted octanol–water partition coefficient (Wildman–Crippen LogP) is 2.53. The lowest BCUT2D eigenvalue weighted by molar-refractivity contribution is -0.128. The highest BCUT2D eigenvalue weighted by atomic mass is 32.1. The van der Waals surface area contributed by atoms with Crippen molar-refractivity contribution in [1.29, 1.82) is 0 Å². The van der Waals surface area contributed by atoms with Crippen LogP contribution in [-0.4, -0.2) is 105 Å². The first kappa shape index (κ1) is 30.7. The first-order valence-electron chi connectivity index (χ1n) is 14.3. The Bertz CT molecular complexity index is 1180. The number of nitrogens with zero attached hydrogens (tertiary/aromatic N) is 4. The molecule has 1 aromatic heterocycles. The molecule has 0 radical (unpaired) electrons. The monoisotopic (exact) mass is 586 g/mol. The molecule has 1 aromatic carbocycles. The Morgan fingerprint density at radius 2 is 1.93 bits per heavy atom. The summed E-state index contributed by atoms with van der Waals surface area (Å²) in [7, 11) is 0. The number of hydrogen-bond acceptors (Lipinski definition) is 7. The number of aliphatic hydroxyl groups is 1. The van der Waals surface area contributed by atoms with E-state index in [1.165, 1.54) is 4.90 Å². The van der Waals surface area contributed by atoms with Crippen LogP contribution in [0.5, 0.6) is 0 Å². The Morgan fingerprint density at radius 3 is 2.59 bits per heavy atom. The molecule has 4 N–H and O–H groups in total. The van der Waals surface area contributed by atoms with Crippen LogP contribution < -0.4 is 10.6 Å². The van der Waals surface area contributed by atoms with Gasteiger partial charge in [0.2, 0.25) is 5.91 Å². The minimum atomic E-state index is -0.930. The number of amides is 4. The molecule has 1 unspecified atom stereocenters. The summed E-state index contributed by atoms with van der Waals surface area (Å²) in [6.07, 6.45) is 0.152. The molecule has 12 heteroatoms. The van der Waals surface area contributed by atoms with Gasteiger partial charge < -0.3 is 35.5 Å². The molecule has 41 heavy (non-hydrogen) atoms. The summed E-state index contributed by atoms with van der Waals surface area (Å²) in [5.74, 6) is -0.440. The quantitative estimate of drug-likeness (QED) is 0.283. The summed E-state index contributed by atoms with van der Waals surface area (Å²) in [4.78, 5) is 47.8. The van der Waals surface area contributed by atoms with Crippen molar-refractivity contribution in [2.75, 3.05) is 32.7 Å². The molecule has 2 aliphatic heterocycles. The van der Waals surface area contributed by atoms with Gasteiger partial charge >= 0.3 is 12.1 Å². The van der Waals surface area contributed by atoms with Crippen molar-refractivity contribution >= 4 is 29.4 Å². The Hall–Kier alpha value is -3.22. The minimum absolute atomic E-state index is 0.135. The number of urea groups is 1. The molecule has 4 amide bonds. The van der Waals surface area contributed by atoms with E-state index in [0.717, 1.165) is 29.1 Å². The number of benzene rings is 1. The van der Waals surface area contributed by atoms with Gasteiger partial charge in [-0.05, 0) is 37.7 Å². The molecule has 0 aliphatic carbocycles. The molecular formula is C29H42N6O5S. The zero-order valence-electron chi connectivity index (χ0n) is 24.0. The normalized spacial score (nSPS) is 19.6. The first-order valence-corrected chi connectivity index (χ1v) is 15.2. The maximum absolute atomic E-state index is 13.8. The number of rotatable bonds is 13. The van der Waals surface area contributed by atoms with Crippen LogP contribution in [-0.2, 0) is 17.8 Å². The van der Waals surface area contributed by atoms with Crippen molar-refractivity contribution in [2.45, 2.75) is 70.8 Å². The number of hydrogen-bond donors (Lipinski definition) is 4. The highest BCUT2D eigenvalue weighted by Gasteiger charge is 2.40. The molecule has 0 bridgehead atoms. The second-order valence-electron chi connectivity index (χ2n) is 11.2. The van der Waals surface area contributed by atoms with Gasteiger partial charge in [-0.15, -0.1) is 11.3 Å². The van der Waals surface area contributed by atoms with Gasteiger partial charge in [-0.1, -0.05) is 44.2 Å². The van der Waals surface area contributed by atoms with E-state index < -0.39 is 24.3 Å². The average Bonchev–Trinajstić information content (AvgIpc) is 3.66. The fourth-order valence-electron chi connectivity index (χ4n) is 5.75. The van der Waals surface area contributed by atoms with Gasteiger partial charge in [0, 0.05) is 44.1 Å². The molecular weight excluding hydrogens is 544 g/mol. The van der Waals surface area contributed by atoms with E-state index in [0.29, 0.717) is 39.1 Å². The highest BCUT2D eigenvalue weighted by molar-refractivity contribution is 7.09. The highest BCUT2D eigenvalue weighted by Crippen LogP contribution is 2.22. The van der Waals surface area contributed by atoms with Gasteiger partial charge in [0.1, 0.15) is 6.04 Å². The lowest BCUT2D eigenvalue weighted by Gasteiger charge is -2.33. The van der Waals surface area contributed by atoms with Gasteiger partial charge in [-0.3, -0.25) is 4.79 Å². The Kier molecular flexibility index (Phi) is 10.6. The topological polar surface area (TPSA) is 138 Å². The second-order valence-corrected chi connectivity index (χ2v) is 12.3. The van der Waals surface area contributed by atoms with Crippen LogP contribution >= 0.6 is 11.3 Å². The third kappa shape index (κ3) is 7.96. The summed E-state index contributed by atoms with van der Waals surface area (Å²) in [6.45, 7) is 8.28. The van der Waals surface area contributed by atoms with Gasteiger partial charge in [0.25, 0.3) is 0 Å². The van der Waals surface area contributed by atoms with E-state index >= 15 is 0 Å². The number of carboxylic acid groups (broad SMARTS) is 1. The number of carbonyl (C=O) groups excluding carboxylic acids is 2. The fraction of sp³-hybridized carbons (Fsp3) is 0.586. The van der Waals surface area contributed by atoms with E-state index in [4.69, 9.17) is 0 Å². The number of aryl methyl sites for hydroxylation is 1. The van der Waals surface area contributed by atoms with Crippen LogP contribution in [0.15, 0.2) is 35.7 Å². The summed E-state index contributed by atoms with van der Waals surface area (Å²) in [5, 5.41) is 29.8. The number of thiazole rings is 1. The smallest absolute Gasteiger partial charge is 0.407 e. The number of carbonyl (C=O) groups is 3. The third-order valence-corrected chi connectivity index (χ3v) is 8.65. The zero-order valence-corrected chi connectivity index (χ0v) is 24.8. The number of nitrogens with one attached hydrogen (secondary N) is 2. The fourth-order valence-corrected chi connectivity index (χ4v) is 6.35. The minimum Gasteiger partial charge on any atom is -0.465 e. The van der Waals surface area contributed by atoms with Crippen molar-refractivity contribution in [2.24, 2.45) is 5.92 Å². The largest absolute Gasteiger partial charge is 0.465 e. The van der Waals surface area contributed by atoms with Crippen LogP contribution in [0, 0.1) is 12.8 Å². The van der Waals surface area contributed by atoms with E-state index in [9.17, 15) is 24.6 Å². The van der Waals surface area contributed by atoms with Gasteiger partial charge in [0.05, 0.1) is 29.4 Å². The Labute approximate surface area is 245 Å². The average molecular weight is 587 g/mol. The molecule has 11 nitrogen and oxygen atoms in total. The van der Waals surface area contributed by atoms with E-state index in [2.05, 4.69) is 15.6 Å². The van der Waals surface area contributed by atoms with Crippen molar-refractivity contribution in [3.05, 3.63) is 52.0 Å². The number of aromatic nitrogens is 1. The lowest BCUT2D eigenvalue weighted by atomic mass is 9.98. The first-order chi connectivity index (χ1) is 19.6. The van der Waals surface area contributed by atoms with E-state index in [-0.39, 0.29) is 30.4 Å². The molecule has 2 aromatic rings. The van der Waals surface area contributed by atoms with Crippen LogP contribution in [0.3, 0.4) is 0 Å². The molecule has 2 aliphatic rings. The van der Waals surface area contributed by atoms with Crippen LogP contribution in [0.25, 0.3) is 0 Å². The zero-order chi connectivity index (χ0) is 29.5. The standard InChI is InChI=1S/C29H42N6O5S/c1-19(2)26(35-13-12-33(28(35)38)17-22-18-41-20(3)31-22)27(37)32-24(14-21-8-5-4-6-9-21)25(36)16-30-15-23-10-7-11-34(23)29(39)40/h4-6,8-9,18-19,23-26,30,36H,7,10-17H2,1-3H3,(H,32,37)(H,39,40)/t23?,24-,25+,26-/m0/s1.